The Bertz CT molecular complexity index is 725. The number of nitrogens with zero attached hydrogens (tertiary/aromatic N) is 1. The highest BCUT2D eigenvalue weighted by Crippen LogP contribution is 2.25. The summed E-state index contributed by atoms with van der Waals surface area (Å²) in [5.41, 5.74) is 1.92. The molecule has 0 bridgehead atoms. The summed E-state index contributed by atoms with van der Waals surface area (Å²) in [5.74, 6) is 1.41. The third kappa shape index (κ3) is 1.95. The normalized spacial score (nSPS) is 10.9. The number of nitrogens with one attached hydrogen (secondary N) is 1. The largest absolute Gasteiger partial charge is 0.453 e. The second kappa shape index (κ2) is 4.38. The molecular weight excluding hydrogens is 244 g/mol. The van der Waals surface area contributed by atoms with E-state index in [1.165, 1.54) is 0 Å². The molecule has 1 N–H and O–H groups in total. The molecule has 90 valence electrons. The van der Waals surface area contributed by atoms with E-state index in [0.717, 1.165) is 28.8 Å². The number of benzene rings is 1. The lowest BCUT2D eigenvalue weighted by atomic mass is 10.2. The number of para-hydroxylation sites is 1. The molecule has 2 heterocycles. The van der Waals surface area contributed by atoms with Gasteiger partial charge in [0, 0.05) is 11.1 Å². The Morgan fingerprint density at radius 2 is 2.11 bits per heavy atom. The van der Waals surface area contributed by atoms with Crippen LogP contribution in [0.25, 0.3) is 22.6 Å². The predicted octanol–water partition coefficient (Wildman–Crippen LogP) is 4.11. The summed E-state index contributed by atoms with van der Waals surface area (Å²) in [6, 6.07) is 11.7. The van der Waals surface area contributed by atoms with E-state index >= 15 is 0 Å². The lowest BCUT2D eigenvalue weighted by molar-refractivity contribution is 0.624. The van der Waals surface area contributed by atoms with Crippen molar-refractivity contribution in [2.24, 2.45) is 0 Å². The molecule has 0 radical (unpaired) electrons. The first-order valence-electron chi connectivity index (χ1n) is 5.85. The Morgan fingerprint density at radius 3 is 2.89 bits per heavy atom. The Hall–Kier alpha value is -1.94. The average molecular weight is 256 g/mol. The van der Waals surface area contributed by atoms with Crippen molar-refractivity contribution in [3.05, 3.63) is 46.7 Å². The van der Waals surface area contributed by atoms with Crippen LogP contribution < -0.4 is 0 Å². The highest BCUT2D eigenvalue weighted by Gasteiger charge is 2.08. The van der Waals surface area contributed by atoms with Crippen molar-refractivity contribution in [1.82, 2.24) is 9.97 Å². The minimum absolute atomic E-state index is 0.584. The van der Waals surface area contributed by atoms with E-state index in [9.17, 15) is 0 Å². The van der Waals surface area contributed by atoms with Crippen molar-refractivity contribution in [3.63, 3.8) is 0 Å². The van der Waals surface area contributed by atoms with Gasteiger partial charge in [-0.1, -0.05) is 37.3 Å². The van der Waals surface area contributed by atoms with Crippen molar-refractivity contribution < 1.29 is 4.42 Å². The maximum atomic E-state index is 5.77. The first-order valence-corrected chi connectivity index (χ1v) is 6.26. The van der Waals surface area contributed by atoms with Crippen molar-refractivity contribution in [2.75, 3.05) is 0 Å². The zero-order valence-electron chi connectivity index (χ0n) is 9.93. The van der Waals surface area contributed by atoms with E-state index in [2.05, 4.69) is 16.9 Å². The molecule has 0 aliphatic carbocycles. The fraction of sp³-hybridized carbons (Fsp3) is 0.143. The lowest BCUT2D eigenvalue weighted by Crippen LogP contribution is -1.93. The molecule has 3 nitrogen and oxygen atoms in total. The first-order chi connectivity index (χ1) is 8.76. The third-order valence-electron chi connectivity index (χ3n) is 2.84. The van der Waals surface area contributed by atoms with Crippen LogP contribution in [0.2, 0.25) is 0 Å². The number of fused-ring (bicyclic) bond motifs is 1. The molecular formula is C14H12N2OS. The highest BCUT2D eigenvalue weighted by molar-refractivity contribution is 7.71. The molecule has 3 aromatic rings. The number of aryl methyl sites for hydroxylation is 1. The van der Waals surface area contributed by atoms with Crippen LogP contribution in [-0.2, 0) is 6.42 Å². The Balaban J connectivity index is 2.19. The number of rotatable bonds is 2. The van der Waals surface area contributed by atoms with Crippen molar-refractivity contribution in [2.45, 2.75) is 13.3 Å². The van der Waals surface area contributed by atoms with Gasteiger partial charge in [0.15, 0.2) is 11.6 Å². The second-order valence-corrected chi connectivity index (χ2v) is 4.51. The van der Waals surface area contributed by atoms with Gasteiger partial charge in [0.05, 0.1) is 0 Å². The van der Waals surface area contributed by atoms with Gasteiger partial charge in [-0.3, -0.25) is 0 Å². The number of hydrogen-bond acceptors (Lipinski definition) is 3. The number of aromatic nitrogens is 2. The summed E-state index contributed by atoms with van der Waals surface area (Å²) in [6.07, 6.45) is 0.888. The molecule has 4 heteroatoms. The minimum Gasteiger partial charge on any atom is -0.453 e. The zero-order chi connectivity index (χ0) is 12.5. The molecule has 0 spiro atoms. The molecule has 0 saturated carbocycles. The van der Waals surface area contributed by atoms with Gasteiger partial charge in [0.1, 0.15) is 10.2 Å². The summed E-state index contributed by atoms with van der Waals surface area (Å²) in [5, 5.41) is 1.07. The van der Waals surface area contributed by atoms with E-state index in [-0.39, 0.29) is 0 Å². The second-order valence-electron chi connectivity index (χ2n) is 4.10. The molecule has 0 aliphatic heterocycles. The summed E-state index contributed by atoms with van der Waals surface area (Å²) in [7, 11) is 0. The lowest BCUT2D eigenvalue weighted by Gasteiger charge is -2.00. The smallest absolute Gasteiger partial charge is 0.175 e. The molecule has 2 aromatic heterocycles. The molecule has 0 unspecified atom stereocenters. The van der Waals surface area contributed by atoms with Crippen LogP contribution >= 0.6 is 12.2 Å². The van der Waals surface area contributed by atoms with E-state index < -0.39 is 0 Å². The highest BCUT2D eigenvalue weighted by atomic mass is 32.1. The number of H-pyrrole nitrogens is 1. The Labute approximate surface area is 109 Å². The number of hydrogen-bond donors (Lipinski definition) is 1. The fourth-order valence-corrected chi connectivity index (χ4v) is 2.15. The third-order valence-corrected chi connectivity index (χ3v) is 3.05. The van der Waals surface area contributed by atoms with E-state index in [0.29, 0.717) is 10.5 Å². The first kappa shape index (κ1) is 11.2. The monoisotopic (exact) mass is 256 g/mol. The van der Waals surface area contributed by atoms with Gasteiger partial charge >= 0.3 is 0 Å². The van der Waals surface area contributed by atoms with Gasteiger partial charge in [-0.15, -0.1) is 0 Å². The fourth-order valence-electron chi connectivity index (χ4n) is 1.91. The summed E-state index contributed by atoms with van der Waals surface area (Å²) in [4.78, 5) is 7.55. The Morgan fingerprint density at radius 1 is 1.28 bits per heavy atom. The summed E-state index contributed by atoms with van der Waals surface area (Å²) < 4.78 is 6.35. The molecule has 0 amide bonds. The van der Waals surface area contributed by atoms with E-state index in [1.54, 1.807) is 0 Å². The number of furan rings is 1. The SMILES string of the molecule is CCc1cc(=S)nc(-c2cc3ccccc3o2)[nH]1. The maximum Gasteiger partial charge on any atom is 0.175 e. The molecule has 3 rings (SSSR count). The van der Waals surface area contributed by atoms with Crippen molar-refractivity contribution >= 4 is 23.2 Å². The van der Waals surface area contributed by atoms with Crippen LogP contribution in [0.4, 0.5) is 0 Å². The quantitative estimate of drug-likeness (QED) is 0.701. The minimum atomic E-state index is 0.584. The van der Waals surface area contributed by atoms with Crippen LogP contribution in [-0.4, -0.2) is 9.97 Å². The van der Waals surface area contributed by atoms with Gasteiger partial charge in [0.25, 0.3) is 0 Å². The van der Waals surface area contributed by atoms with Crippen molar-refractivity contribution in [3.8, 4) is 11.6 Å². The van der Waals surface area contributed by atoms with Crippen molar-refractivity contribution in [1.29, 1.82) is 0 Å². The summed E-state index contributed by atoms with van der Waals surface area (Å²) in [6.45, 7) is 2.07. The van der Waals surface area contributed by atoms with Crippen LogP contribution in [0, 0.1) is 4.64 Å². The van der Waals surface area contributed by atoms with Gasteiger partial charge < -0.3 is 9.40 Å². The van der Waals surface area contributed by atoms with Crippen LogP contribution in [0.15, 0.2) is 40.8 Å². The molecule has 0 fully saturated rings. The summed E-state index contributed by atoms with van der Waals surface area (Å²) >= 11 is 5.16. The van der Waals surface area contributed by atoms with E-state index in [4.69, 9.17) is 16.6 Å². The van der Waals surface area contributed by atoms with Crippen LogP contribution in [0.1, 0.15) is 12.6 Å². The molecule has 18 heavy (non-hydrogen) atoms. The van der Waals surface area contributed by atoms with E-state index in [1.807, 2.05) is 36.4 Å². The molecule has 0 aliphatic rings. The topological polar surface area (TPSA) is 41.8 Å². The molecule has 0 atom stereocenters. The Kier molecular flexibility index (Phi) is 2.72. The number of aromatic amines is 1. The van der Waals surface area contributed by atoms with Gasteiger partial charge in [-0.2, -0.15) is 0 Å². The van der Waals surface area contributed by atoms with Crippen LogP contribution in [0.3, 0.4) is 0 Å². The predicted molar refractivity (Wildman–Crippen MR) is 74.0 cm³/mol. The van der Waals surface area contributed by atoms with Gasteiger partial charge in [-0.25, -0.2) is 4.98 Å². The standard InChI is InChI=1S/C14H12N2OS/c1-2-10-8-13(18)16-14(15-10)12-7-9-5-3-4-6-11(9)17-12/h3-8H,2H2,1H3,(H,15,16,18). The maximum absolute atomic E-state index is 5.77. The van der Waals surface area contributed by atoms with Gasteiger partial charge in [0.2, 0.25) is 0 Å². The molecule has 0 saturated heterocycles. The van der Waals surface area contributed by atoms with Crippen LogP contribution in [0.5, 0.6) is 0 Å². The zero-order valence-corrected chi connectivity index (χ0v) is 10.8. The molecule has 1 aromatic carbocycles. The average Bonchev–Trinajstić information content (AvgIpc) is 2.81. The van der Waals surface area contributed by atoms with Gasteiger partial charge in [-0.05, 0) is 24.6 Å².